The van der Waals surface area contributed by atoms with Crippen molar-refractivity contribution in [1.29, 1.82) is 0 Å². The molecule has 0 spiro atoms. The summed E-state index contributed by atoms with van der Waals surface area (Å²) in [6.45, 7) is 5.53. The van der Waals surface area contributed by atoms with E-state index in [0.29, 0.717) is 21.7 Å². The van der Waals surface area contributed by atoms with Gasteiger partial charge in [0.05, 0.1) is 17.2 Å². The normalized spacial score (nSPS) is 13.0. The zero-order valence-corrected chi connectivity index (χ0v) is 12.2. The lowest BCUT2D eigenvalue weighted by Gasteiger charge is -2.11. The Morgan fingerprint density at radius 2 is 2.15 bits per heavy atom. The van der Waals surface area contributed by atoms with E-state index in [-0.39, 0.29) is 11.9 Å². The topological polar surface area (TPSA) is 46.8 Å². The predicted molar refractivity (Wildman–Crippen MR) is 76.9 cm³/mol. The van der Waals surface area contributed by atoms with E-state index >= 15 is 0 Å². The standard InChI is InChI=1S/C14H14FN3OS/c1-7-4-12-11(5-10(7)15)17-14(20)18(12)9(3)13-16-6-8(2)19-13/h4-6,9H,1-3H3,(H,17,20). The molecule has 1 N–H and O–H groups in total. The Kier molecular flexibility index (Phi) is 2.97. The quantitative estimate of drug-likeness (QED) is 0.724. The van der Waals surface area contributed by atoms with Crippen LogP contribution < -0.4 is 0 Å². The third-order valence-corrected chi connectivity index (χ3v) is 3.68. The summed E-state index contributed by atoms with van der Waals surface area (Å²) in [7, 11) is 0. The van der Waals surface area contributed by atoms with E-state index in [9.17, 15) is 4.39 Å². The van der Waals surface area contributed by atoms with Crippen LogP contribution in [0.4, 0.5) is 4.39 Å². The van der Waals surface area contributed by atoms with E-state index in [0.717, 1.165) is 11.3 Å². The van der Waals surface area contributed by atoms with Gasteiger partial charge in [0.25, 0.3) is 0 Å². The number of oxazole rings is 1. The minimum absolute atomic E-state index is 0.158. The summed E-state index contributed by atoms with van der Waals surface area (Å²) in [6.07, 6.45) is 1.68. The van der Waals surface area contributed by atoms with Crippen LogP contribution in [0.25, 0.3) is 11.0 Å². The van der Waals surface area contributed by atoms with Gasteiger partial charge in [0, 0.05) is 0 Å². The molecule has 4 nitrogen and oxygen atoms in total. The molecule has 0 fully saturated rings. The lowest BCUT2D eigenvalue weighted by Crippen LogP contribution is -2.07. The molecule has 0 aliphatic heterocycles. The summed E-state index contributed by atoms with van der Waals surface area (Å²) in [4.78, 5) is 7.26. The number of nitrogens with one attached hydrogen (secondary N) is 1. The Morgan fingerprint density at radius 3 is 2.80 bits per heavy atom. The minimum Gasteiger partial charge on any atom is -0.444 e. The summed E-state index contributed by atoms with van der Waals surface area (Å²) in [5.41, 5.74) is 2.10. The van der Waals surface area contributed by atoms with Crippen molar-refractivity contribution < 1.29 is 8.81 Å². The summed E-state index contributed by atoms with van der Waals surface area (Å²) in [5.74, 6) is 1.09. The predicted octanol–water partition coefficient (Wildman–Crippen LogP) is 4.05. The molecule has 0 radical (unpaired) electrons. The van der Waals surface area contributed by atoms with Gasteiger partial charge in [-0.3, -0.25) is 0 Å². The van der Waals surface area contributed by atoms with Crippen molar-refractivity contribution >= 4 is 23.3 Å². The van der Waals surface area contributed by atoms with E-state index in [2.05, 4.69) is 9.97 Å². The van der Waals surface area contributed by atoms with Gasteiger partial charge in [0.1, 0.15) is 17.6 Å². The van der Waals surface area contributed by atoms with Gasteiger partial charge in [-0.25, -0.2) is 9.37 Å². The highest BCUT2D eigenvalue weighted by Crippen LogP contribution is 2.26. The lowest BCUT2D eigenvalue weighted by atomic mass is 10.2. The molecule has 2 aromatic heterocycles. The SMILES string of the molecule is Cc1cnc(C(C)n2c(=S)[nH]c3cc(F)c(C)cc32)o1. The molecule has 0 saturated carbocycles. The Morgan fingerprint density at radius 1 is 1.40 bits per heavy atom. The van der Waals surface area contributed by atoms with Crippen molar-refractivity contribution in [3.8, 4) is 0 Å². The number of aryl methyl sites for hydroxylation is 2. The number of aromatic amines is 1. The fourth-order valence-corrected chi connectivity index (χ4v) is 2.68. The largest absolute Gasteiger partial charge is 0.444 e. The Labute approximate surface area is 120 Å². The summed E-state index contributed by atoms with van der Waals surface area (Å²) in [6, 6.07) is 3.09. The number of hydrogen-bond donors (Lipinski definition) is 1. The van der Waals surface area contributed by atoms with E-state index in [1.54, 1.807) is 19.2 Å². The second-order valence-electron chi connectivity index (χ2n) is 4.90. The van der Waals surface area contributed by atoms with Crippen molar-refractivity contribution in [1.82, 2.24) is 14.5 Å². The van der Waals surface area contributed by atoms with Gasteiger partial charge >= 0.3 is 0 Å². The molecule has 6 heteroatoms. The smallest absolute Gasteiger partial charge is 0.217 e. The van der Waals surface area contributed by atoms with Gasteiger partial charge in [0.15, 0.2) is 4.77 Å². The molecule has 0 aliphatic rings. The van der Waals surface area contributed by atoms with Gasteiger partial charge in [-0.15, -0.1) is 0 Å². The van der Waals surface area contributed by atoms with Crippen LogP contribution >= 0.6 is 12.2 Å². The number of nitrogens with zero attached hydrogens (tertiary/aromatic N) is 2. The molecule has 3 rings (SSSR count). The van der Waals surface area contributed by atoms with Crippen LogP contribution in [0.1, 0.15) is 30.2 Å². The van der Waals surface area contributed by atoms with Crippen LogP contribution in [-0.4, -0.2) is 14.5 Å². The van der Waals surface area contributed by atoms with Gasteiger partial charge in [0.2, 0.25) is 5.89 Å². The van der Waals surface area contributed by atoms with Crippen molar-refractivity contribution in [3.63, 3.8) is 0 Å². The maximum absolute atomic E-state index is 13.6. The first-order chi connectivity index (χ1) is 9.47. The van der Waals surface area contributed by atoms with E-state index in [1.807, 2.05) is 18.4 Å². The first-order valence-electron chi connectivity index (χ1n) is 6.30. The molecule has 20 heavy (non-hydrogen) atoms. The van der Waals surface area contributed by atoms with E-state index < -0.39 is 0 Å². The molecule has 1 atom stereocenters. The fraction of sp³-hybridized carbons (Fsp3) is 0.286. The molecule has 104 valence electrons. The molecule has 1 unspecified atom stereocenters. The first kappa shape index (κ1) is 13.1. The minimum atomic E-state index is -0.250. The molecule has 0 aliphatic carbocycles. The molecule has 3 aromatic rings. The molecule has 0 amide bonds. The molecule has 1 aromatic carbocycles. The number of aromatic nitrogens is 3. The molecule has 0 bridgehead atoms. The summed E-state index contributed by atoms with van der Waals surface area (Å²) >= 11 is 5.34. The Hall–Kier alpha value is -1.95. The number of rotatable bonds is 2. The van der Waals surface area contributed by atoms with Crippen LogP contribution in [0.5, 0.6) is 0 Å². The van der Waals surface area contributed by atoms with Crippen molar-refractivity contribution in [2.75, 3.05) is 0 Å². The van der Waals surface area contributed by atoms with Gasteiger partial charge < -0.3 is 14.0 Å². The second-order valence-corrected chi connectivity index (χ2v) is 5.29. The number of hydrogen-bond acceptors (Lipinski definition) is 3. The Balaban J connectivity index is 2.23. The number of benzene rings is 1. The number of H-pyrrole nitrogens is 1. The van der Waals surface area contributed by atoms with E-state index in [1.165, 1.54) is 6.07 Å². The van der Waals surface area contributed by atoms with Crippen LogP contribution in [0.3, 0.4) is 0 Å². The highest BCUT2D eigenvalue weighted by molar-refractivity contribution is 7.71. The summed E-state index contributed by atoms with van der Waals surface area (Å²) < 4.78 is 21.6. The first-order valence-corrected chi connectivity index (χ1v) is 6.71. The Bertz CT molecular complexity index is 846. The van der Waals surface area contributed by atoms with Gasteiger partial charge in [-0.2, -0.15) is 0 Å². The average molecular weight is 291 g/mol. The second kappa shape index (κ2) is 4.56. The third-order valence-electron chi connectivity index (χ3n) is 3.38. The highest BCUT2D eigenvalue weighted by atomic mass is 32.1. The monoisotopic (exact) mass is 291 g/mol. The zero-order valence-electron chi connectivity index (χ0n) is 11.4. The molecule has 0 saturated heterocycles. The maximum atomic E-state index is 13.6. The number of imidazole rings is 1. The van der Waals surface area contributed by atoms with Crippen LogP contribution in [0, 0.1) is 24.4 Å². The maximum Gasteiger partial charge on any atom is 0.217 e. The van der Waals surface area contributed by atoms with E-state index in [4.69, 9.17) is 16.6 Å². The van der Waals surface area contributed by atoms with Crippen molar-refractivity contribution in [3.05, 3.63) is 46.1 Å². The highest BCUT2D eigenvalue weighted by Gasteiger charge is 2.18. The van der Waals surface area contributed by atoms with Gasteiger partial charge in [-0.1, -0.05) is 0 Å². The van der Waals surface area contributed by atoms with Crippen LogP contribution in [0.15, 0.2) is 22.7 Å². The average Bonchev–Trinajstić information content (AvgIpc) is 2.93. The summed E-state index contributed by atoms with van der Waals surface area (Å²) in [5, 5.41) is 0. The van der Waals surface area contributed by atoms with Gasteiger partial charge in [-0.05, 0) is 50.7 Å². The fourth-order valence-electron chi connectivity index (χ4n) is 2.31. The molecule has 2 heterocycles. The third kappa shape index (κ3) is 1.96. The number of fused-ring (bicyclic) bond motifs is 1. The number of halogens is 1. The molecular weight excluding hydrogens is 277 g/mol. The van der Waals surface area contributed by atoms with Crippen molar-refractivity contribution in [2.45, 2.75) is 26.8 Å². The lowest BCUT2D eigenvalue weighted by molar-refractivity contribution is 0.417. The van der Waals surface area contributed by atoms with Crippen LogP contribution in [-0.2, 0) is 0 Å². The van der Waals surface area contributed by atoms with Crippen LogP contribution in [0.2, 0.25) is 0 Å². The van der Waals surface area contributed by atoms with Crippen molar-refractivity contribution in [2.24, 2.45) is 0 Å². The molecular formula is C14H14FN3OS. The zero-order chi connectivity index (χ0) is 14.4.